The molecule has 0 bridgehead atoms. The maximum Gasteiger partial charge on any atom is 0.269 e. The number of benzene rings is 1. The second-order valence-electron chi connectivity index (χ2n) is 3.54. The Morgan fingerprint density at radius 3 is 2.59 bits per heavy atom. The smallest absolute Gasteiger partial charge is 0.269 e. The highest BCUT2D eigenvalue weighted by molar-refractivity contribution is 5.94. The number of nitriles is 1. The molecule has 88 valence electrons. The molecule has 1 unspecified atom stereocenters. The van der Waals surface area contributed by atoms with Gasteiger partial charge in [0.05, 0.1) is 16.9 Å². The lowest BCUT2D eigenvalue weighted by Gasteiger charge is -2.05. The van der Waals surface area contributed by atoms with Crippen LogP contribution in [0.5, 0.6) is 0 Å². The number of non-ortho nitro benzene ring substituents is 1. The molecular weight excluding hydrogens is 222 g/mol. The van der Waals surface area contributed by atoms with Gasteiger partial charge in [-0.15, -0.1) is 0 Å². The van der Waals surface area contributed by atoms with E-state index in [4.69, 9.17) is 5.26 Å². The fraction of sp³-hybridized carbons (Fsp3) is 0.273. The second kappa shape index (κ2) is 5.61. The third-order valence-electron chi connectivity index (χ3n) is 2.13. The van der Waals surface area contributed by atoms with E-state index < -0.39 is 4.92 Å². The van der Waals surface area contributed by atoms with Crippen molar-refractivity contribution in [3.8, 4) is 6.07 Å². The third-order valence-corrected chi connectivity index (χ3v) is 2.13. The second-order valence-corrected chi connectivity index (χ2v) is 3.54. The van der Waals surface area contributed by atoms with Gasteiger partial charge in [-0.2, -0.15) is 5.26 Å². The van der Waals surface area contributed by atoms with E-state index >= 15 is 0 Å². The third kappa shape index (κ3) is 3.57. The van der Waals surface area contributed by atoms with Gasteiger partial charge in [-0.3, -0.25) is 14.9 Å². The molecule has 1 rings (SSSR count). The molecule has 1 aromatic carbocycles. The van der Waals surface area contributed by atoms with Crippen LogP contribution in [0.25, 0.3) is 0 Å². The lowest BCUT2D eigenvalue weighted by Crippen LogP contribution is -2.27. The molecule has 6 nitrogen and oxygen atoms in total. The monoisotopic (exact) mass is 233 g/mol. The summed E-state index contributed by atoms with van der Waals surface area (Å²) in [5, 5.41) is 21.5. The summed E-state index contributed by atoms with van der Waals surface area (Å²) in [6, 6.07) is 7.28. The topological polar surface area (TPSA) is 96.0 Å². The molecule has 1 N–H and O–H groups in total. The van der Waals surface area contributed by atoms with Gasteiger partial charge in [0, 0.05) is 24.2 Å². The Balaban J connectivity index is 2.64. The maximum absolute atomic E-state index is 11.6. The molecule has 17 heavy (non-hydrogen) atoms. The van der Waals surface area contributed by atoms with Crippen LogP contribution in [0.2, 0.25) is 0 Å². The van der Waals surface area contributed by atoms with Crippen molar-refractivity contribution in [2.75, 3.05) is 6.54 Å². The molecule has 1 amide bonds. The standard InChI is InChI=1S/C11H11N3O3/c1-8(6-12)7-13-11(15)9-2-4-10(5-3-9)14(16)17/h2-5,8H,7H2,1H3,(H,13,15). The van der Waals surface area contributed by atoms with Gasteiger partial charge in [0.1, 0.15) is 0 Å². The van der Waals surface area contributed by atoms with Crippen LogP contribution in [0.4, 0.5) is 5.69 Å². The van der Waals surface area contributed by atoms with E-state index in [0.29, 0.717) is 5.56 Å². The Kier molecular flexibility index (Phi) is 4.17. The predicted molar refractivity (Wildman–Crippen MR) is 60.2 cm³/mol. The molecule has 6 heteroatoms. The Labute approximate surface area is 98.0 Å². The van der Waals surface area contributed by atoms with Crippen molar-refractivity contribution in [1.82, 2.24) is 5.32 Å². The SMILES string of the molecule is CC(C#N)CNC(=O)c1ccc([N+](=O)[O-])cc1. The van der Waals surface area contributed by atoms with Crippen LogP contribution in [0.15, 0.2) is 24.3 Å². The van der Waals surface area contributed by atoms with Crippen molar-refractivity contribution in [2.45, 2.75) is 6.92 Å². The van der Waals surface area contributed by atoms with Gasteiger partial charge in [0.25, 0.3) is 11.6 Å². The summed E-state index contributed by atoms with van der Waals surface area (Å²) in [5.74, 6) is -0.612. The minimum Gasteiger partial charge on any atom is -0.351 e. The average Bonchev–Trinajstić information content (AvgIpc) is 2.35. The normalized spacial score (nSPS) is 11.3. The number of hydrogen-bond acceptors (Lipinski definition) is 4. The fourth-order valence-electron chi connectivity index (χ4n) is 1.13. The van der Waals surface area contributed by atoms with Crippen LogP contribution in [0.3, 0.4) is 0 Å². The van der Waals surface area contributed by atoms with Crippen LogP contribution in [-0.4, -0.2) is 17.4 Å². The van der Waals surface area contributed by atoms with Gasteiger partial charge in [0.15, 0.2) is 0 Å². The lowest BCUT2D eigenvalue weighted by molar-refractivity contribution is -0.384. The van der Waals surface area contributed by atoms with Crippen LogP contribution in [0, 0.1) is 27.4 Å². The van der Waals surface area contributed by atoms with Gasteiger partial charge in [-0.05, 0) is 19.1 Å². The summed E-state index contributed by atoms with van der Waals surface area (Å²) >= 11 is 0. The first-order valence-electron chi connectivity index (χ1n) is 4.97. The molecule has 1 atom stereocenters. The largest absolute Gasteiger partial charge is 0.351 e. The molecule has 0 aromatic heterocycles. The Morgan fingerprint density at radius 2 is 2.12 bits per heavy atom. The first-order valence-corrected chi connectivity index (χ1v) is 4.97. The first kappa shape index (κ1) is 12.6. The zero-order valence-electron chi connectivity index (χ0n) is 9.21. The molecule has 0 aliphatic carbocycles. The summed E-state index contributed by atoms with van der Waals surface area (Å²) in [4.78, 5) is 21.4. The summed E-state index contributed by atoms with van der Waals surface area (Å²) in [6.07, 6.45) is 0. The quantitative estimate of drug-likeness (QED) is 0.629. The van der Waals surface area contributed by atoms with E-state index in [-0.39, 0.29) is 24.1 Å². The minimum atomic E-state index is -0.528. The Hall–Kier alpha value is -2.42. The molecule has 0 fully saturated rings. The van der Waals surface area contributed by atoms with Gasteiger partial charge in [-0.1, -0.05) is 0 Å². The molecule has 0 aliphatic rings. The van der Waals surface area contributed by atoms with E-state index in [2.05, 4.69) is 5.32 Å². The first-order chi connectivity index (χ1) is 8.04. The van der Waals surface area contributed by atoms with Crippen molar-refractivity contribution >= 4 is 11.6 Å². The summed E-state index contributed by atoms with van der Waals surface area (Å²) < 4.78 is 0. The molecule has 0 spiro atoms. The number of nitro groups is 1. The van der Waals surface area contributed by atoms with E-state index in [9.17, 15) is 14.9 Å². The molecule has 1 aromatic rings. The Morgan fingerprint density at radius 1 is 1.53 bits per heavy atom. The van der Waals surface area contributed by atoms with Crippen molar-refractivity contribution in [3.05, 3.63) is 39.9 Å². The highest BCUT2D eigenvalue weighted by Gasteiger charge is 2.09. The van der Waals surface area contributed by atoms with Gasteiger partial charge >= 0.3 is 0 Å². The Bertz CT molecular complexity index is 462. The molecule has 0 aliphatic heterocycles. The van der Waals surface area contributed by atoms with Crippen molar-refractivity contribution in [1.29, 1.82) is 5.26 Å². The summed E-state index contributed by atoms with van der Waals surface area (Å²) in [7, 11) is 0. The molecule has 0 saturated heterocycles. The minimum absolute atomic E-state index is 0.0630. The average molecular weight is 233 g/mol. The van der Waals surface area contributed by atoms with E-state index in [0.717, 1.165) is 0 Å². The van der Waals surface area contributed by atoms with Gasteiger partial charge in [0.2, 0.25) is 0 Å². The number of carbonyl (C=O) groups is 1. The number of rotatable bonds is 4. The van der Waals surface area contributed by atoms with Gasteiger partial charge < -0.3 is 5.32 Å². The van der Waals surface area contributed by atoms with E-state index in [1.54, 1.807) is 6.92 Å². The number of nitrogens with zero attached hydrogens (tertiary/aromatic N) is 2. The van der Waals surface area contributed by atoms with Crippen LogP contribution < -0.4 is 5.32 Å². The maximum atomic E-state index is 11.6. The lowest BCUT2D eigenvalue weighted by atomic mass is 10.1. The highest BCUT2D eigenvalue weighted by atomic mass is 16.6. The number of nitro benzene ring substituents is 1. The zero-order chi connectivity index (χ0) is 12.8. The van der Waals surface area contributed by atoms with Crippen LogP contribution in [0.1, 0.15) is 17.3 Å². The highest BCUT2D eigenvalue weighted by Crippen LogP contribution is 2.11. The van der Waals surface area contributed by atoms with Crippen molar-refractivity contribution < 1.29 is 9.72 Å². The van der Waals surface area contributed by atoms with Crippen LogP contribution in [-0.2, 0) is 0 Å². The predicted octanol–water partition coefficient (Wildman–Crippen LogP) is 1.48. The van der Waals surface area contributed by atoms with Gasteiger partial charge in [-0.25, -0.2) is 0 Å². The molecule has 0 heterocycles. The molecule has 0 saturated carbocycles. The zero-order valence-corrected chi connectivity index (χ0v) is 9.21. The summed E-state index contributed by atoms with van der Waals surface area (Å²) in [6.45, 7) is 1.95. The van der Waals surface area contributed by atoms with E-state index in [1.807, 2.05) is 6.07 Å². The fourth-order valence-corrected chi connectivity index (χ4v) is 1.13. The van der Waals surface area contributed by atoms with Crippen molar-refractivity contribution in [2.24, 2.45) is 5.92 Å². The summed E-state index contributed by atoms with van der Waals surface area (Å²) in [5.41, 5.74) is 0.271. The number of carbonyl (C=O) groups excluding carboxylic acids is 1. The molecule has 0 radical (unpaired) electrons. The number of amides is 1. The van der Waals surface area contributed by atoms with E-state index in [1.165, 1.54) is 24.3 Å². The van der Waals surface area contributed by atoms with Crippen LogP contribution >= 0.6 is 0 Å². The number of hydrogen-bond donors (Lipinski definition) is 1. The number of nitrogens with one attached hydrogen (secondary N) is 1. The molecular formula is C11H11N3O3. The van der Waals surface area contributed by atoms with Crippen molar-refractivity contribution in [3.63, 3.8) is 0 Å².